The van der Waals surface area contributed by atoms with Gasteiger partial charge in [-0.25, -0.2) is 0 Å². The number of likely N-dealkylation sites (N-methyl/N-ethyl adjacent to an activating group) is 1. The second-order valence-corrected chi connectivity index (χ2v) is 3.79. The molecule has 0 saturated carbocycles. The van der Waals surface area contributed by atoms with Gasteiger partial charge >= 0.3 is 0 Å². The molecule has 0 aromatic heterocycles. The highest BCUT2D eigenvalue weighted by Gasteiger charge is 2.03. The molecule has 0 bridgehead atoms. The van der Waals surface area contributed by atoms with Crippen molar-refractivity contribution in [2.75, 3.05) is 20.2 Å². The number of halogens is 1. The molecule has 14 heavy (non-hydrogen) atoms. The predicted molar refractivity (Wildman–Crippen MR) is 59.1 cm³/mol. The van der Waals surface area contributed by atoms with Crippen LogP contribution >= 0.6 is 11.6 Å². The Hall–Kier alpha value is -0.730. The molecule has 0 saturated heterocycles. The van der Waals surface area contributed by atoms with Crippen molar-refractivity contribution >= 4 is 11.6 Å². The number of hydrogen-bond donors (Lipinski definition) is 1. The van der Waals surface area contributed by atoms with Crippen molar-refractivity contribution in [2.24, 2.45) is 0 Å². The van der Waals surface area contributed by atoms with Crippen LogP contribution in [-0.2, 0) is 0 Å². The quantitative estimate of drug-likeness (QED) is 0.756. The summed E-state index contributed by atoms with van der Waals surface area (Å²) >= 11 is 6.05. The van der Waals surface area contributed by atoms with Crippen LogP contribution in [0.3, 0.4) is 0 Å². The minimum Gasteiger partial charge on any atom is -0.488 e. The van der Waals surface area contributed by atoms with E-state index in [1.807, 2.05) is 33.0 Å². The topological polar surface area (TPSA) is 25.8 Å². The maximum absolute atomic E-state index is 6.05. The molecule has 0 heterocycles. The molecule has 0 aliphatic rings. The molecule has 2 nitrogen and oxygen atoms in total. The molecular formula is C11H17ClNO+. The van der Waals surface area contributed by atoms with Gasteiger partial charge in [-0.3, -0.25) is 0 Å². The Bertz CT molecular complexity index is 289. The lowest BCUT2D eigenvalue weighted by Crippen LogP contribution is -2.80. The number of benzene rings is 1. The van der Waals surface area contributed by atoms with Gasteiger partial charge in [-0.15, -0.1) is 0 Å². The number of quaternary nitrogens is 1. The van der Waals surface area contributed by atoms with Gasteiger partial charge in [0.25, 0.3) is 0 Å². The van der Waals surface area contributed by atoms with E-state index in [9.17, 15) is 0 Å². The van der Waals surface area contributed by atoms with Gasteiger partial charge in [-0.1, -0.05) is 11.6 Å². The summed E-state index contributed by atoms with van der Waals surface area (Å²) in [5.74, 6) is 0.909. The van der Waals surface area contributed by atoms with Gasteiger partial charge in [0.05, 0.1) is 7.05 Å². The summed E-state index contributed by atoms with van der Waals surface area (Å²) in [7, 11) is 2.03. The lowest BCUT2D eigenvalue weighted by Gasteiger charge is -2.08. The number of ether oxygens (including phenoxy) is 1. The molecule has 1 rings (SSSR count). The molecule has 0 amide bonds. The van der Waals surface area contributed by atoms with Crippen LogP contribution in [0.15, 0.2) is 12.1 Å². The second kappa shape index (κ2) is 5.23. The zero-order valence-corrected chi connectivity index (χ0v) is 9.69. The van der Waals surface area contributed by atoms with Crippen molar-refractivity contribution in [3.05, 3.63) is 28.3 Å². The normalized spacial score (nSPS) is 10.3. The molecule has 0 spiro atoms. The van der Waals surface area contributed by atoms with Crippen molar-refractivity contribution in [3.63, 3.8) is 0 Å². The summed E-state index contributed by atoms with van der Waals surface area (Å²) < 4.78 is 5.57. The van der Waals surface area contributed by atoms with Crippen molar-refractivity contribution in [1.29, 1.82) is 0 Å². The molecule has 3 heteroatoms. The Morgan fingerprint density at radius 3 is 2.36 bits per heavy atom. The number of nitrogens with two attached hydrogens (primary N) is 1. The Labute approximate surface area is 90.2 Å². The highest BCUT2D eigenvalue weighted by Crippen LogP contribution is 2.25. The minimum absolute atomic E-state index is 0.733. The fourth-order valence-electron chi connectivity index (χ4n) is 1.28. The smallest absolute Gasteiger partial charge is 0.137 e. The summed E-state index contributed by atoms with van der Waals surface area (Å²) in [6.07, 6.45) is 0. The first-order valence-corrected chi connectivity index (χ1v) is 5.20. The summed E-state index contributed by atoms with van der Waals surface area (Å²) in [4.78, 5) is 0. The van der Waals surface area contributed by atoms with Gasteiger partial charge in [0.15, 0.2) is 0 Å². The molecule has 0 aliphatic carbocycles. The second-order valence-electron chi connectivity index (χ2n) is 3.42. The molecule has 0 atom stereocenters. The first kappa shape index (κ1) is 11.3. The Morgan fingerprint density at radius 1 is 1.29 bits per heavy atom. The van der Waals surface area contributed by atoms with Crippen molar-refractivity contribution in [2.45, 2.75) is 13.8 Å². The van der Waals surface area contributed by atoms with Gasteiger partial charge in [0.1, 0.15) is 18.9 Å². The molecule has 1 aromatic rings. The third-order valence-electron chi connectivity index (χ3n) is 2.09. The van der Waals surface area contributed by atoms with E-state index in [4.69, 9.17) is 16.3 Å². The molecular weight excluding hydrogens is 198 g/mol. The van der Waals surface area contributed by atoms with E-state index in [0.29, 0.717) is 0 Å². The maximum atomic E-state index is 6.05. The van der Waals surface area contributed by atoms with E-state index < -0.39 is 0 Å². The van der Waals surface area contributed by atoms with E-state index in [1.54, 1.807) is 0 Å². The number of hydrogen-bond acceptors (Lipinski definition) is 1. The molecule has 78 valence electrons. The fourth-order valence-corrected chi connectivity index (χ4v) is 1.39. The molecule has 0 fully saturated rings. The Morgan fingerprint density at radius 2 is 1.86 bits per heavy atom. The zero-order chi connectivity index (χ0) is 10.6. The first-order chi connectivity index (χ1) is 6.65. The Kier molecular flexibility index (Phi) is 4.23. The van der Waals surface area contributed by atoms with Gasteiger partial charge < -0.3 is 10.1 Å². The van der Waals surface area contributed by atoms with E-state index in [1.165, 1.54) is 0 Å². The summed E-state index contributed by atoms with van der Waals surface area (Å²) in [5.41, 5.74) is 2.14. The zero-order valence-electron chi connectivity index (χ0n) is 8.93. The Balaban J connectivity index is 2.69. The van der Waals surface area contributed by atoms with Gasteiger partial charge in [0.2, 0.25) is 0 Å². The van der Waals surface area contributed by atoms with Crippen LogP contribution < -0.4 is 10.1 Å². The van der Waals surface area contributed by atoms with E-state index in [2.05, 4.69) is 5.32 Å². The fraction of sp³-hybridized carbons (Fsp3) is 0.455. The van der Waals surface area contributed by atoms with E-state index >= 15 is 0 Å². The lowest BCUT2D eigenvalue weighted by atomic mass is 10.1. The predicted octanol–water partition coefficient (Wildman–Crippen LogP) is 1.53. The lowest BCUT2D eigenvalue weighted by molar-refractivity contribution is -0.627. The molecule has 2 N–H and O–H groups in total. The average Bonchev–Trinajstić information content (AvgIpc) is 2.14. The third-order valence-corrected chi connectivity index (χ3v) is 2.68. The van der Waals surface area contributed by atoms with Crippen LogP contribution in [0.4, 0.5) is 0 Å². The van der Waals surface area contributed by atoms with Crippen molar-refractivity contribution in [3.8, 4) is 5.75 Å². The number of rotatable bonds is 4. The highest BCUT2D eigenvalue weighted by atomic mass is 35.5. The standard InChI is InChI=1S/C11H16ClNO/c1-8-6-10(14-5-4-13-3)7-9(2)11(8)12/h6-7,13H,4-5H2,1-3H3/p+1. The van der Waals surface area contributed by atoms with Gasteiger partial charge in [0, 0.05) is 5.02 Å². The average molecular weight is 215 g/mol. The van der Waals surface area contributed by atoms with Crippen molar-refractivity contribution in [1.82, 2.24) is 0 Å². The van der Waals surface area contributed by atoms with Crippen LogP contribution in [-0.4, -0.2) is 20.2 Å². The monoisotopic (exact) mass is 214 g/mol. The maximum Gasteiger partial charge on any atom is 0.137 e. The minimum atomic E-state index is 0.733. The highest BCUT2D eigenvalue weighted by molar-refractivity contribution is 6.32. The summed E-state index contributed by atoms with van der Waals surface area (Å²) in [6.45, 7) is 5.69. The van der Waals surface area contributed by atoms with Crippen molar-refractivity contribution < 1.29 is 10.1 Å². The first-order valence-electron chi connectivity index (χ1n) is 4.82. The summed E-state index contributed by atoms with van der Waals surface area (Å²) in [5, 5.41) is 2.93. The summed E-state index contributed by atoms with van der Waals surface area (Å²) in [6, 6.07) is 3.95. The van der Waals surface area contributed by atoms with Gasteiger partial charge in [-0.2, -0.15) is 0 Å². The van der Waals surface area contributed by atoms with Crippen LogP contribution in [0, 0.1) is 13.8 Å². The van der Waals surface area contributed by atoms with Gasteiger partial charge in [-0.05, 0) is 37.1 Å². The van der Waals surface area contributed by atoms with Crippen LogP contribution in [0.1, 0.15) is 11.1 Å². The van der Waals surface area contributed by atoms with Crippen LogP contribution in [0.2, 0.25) is 5.02 Å². The molecule has 0 unspecified atom stereocenters. The van der Waals surface area contributed by atoms with E-state index in [0.717, 1.165) is 35.1 Å². The largest absolute Gasteiger partial charge is 0.488 e. The van der Waals surface area contributed by atoms with Crippen LogP contribution in [0.25, 0.3) is 0 Å². The molecule has 0 radical (unpaired) electrons. The van der Waals surface area contributed by atoms with Crippen LogP contribution in [0.5, 0.6) is 5.75 Å². The van der Waals surface area contributed by atoms with E-state index in [-0.39, 0.29) is 0 Å². The molecule has 1 aromatic carbocycles. The SMILES string of the molecule is C[NH2+]CCOc1cc(C)c(Cl)c(C)c1. The molecule has 0 aliphatic heterocycles. The number of aryl methyl sites for hydroxylation is 2. The third kappa shape index (κ3) is 2.89.